The lowest BCUT2D eigenvalue weighted by Crippen LogP contribution is -2.58. The molecule has 492 valence electrons. The molecule has 3 heterocycles. The van der Waals surface area contributed by atoms with E-state index in [1.165, 1.54) is 31.2 Å². The van der Waals surface area contributed by atoms with E-state index in [4.69, 9.17) is 16.0 Å². The molecule has 8 amide bonds. The Hall–Kier alpha value is -8.97. The van der Waals surface area contributed by atoms with Gasteiger partial charge in [0.15, 0.2) is 6.10 Å². The average Bonchev–Trinajstić information content (AvgIpc) is 1.06. The van der Waals surface area contributed by atoms with Crippen molar-refractivity contribution in [2.45, 2.75) is 156 Å². The summed E-state index contributed by atoms with van der Waals surface area (Å²) in [5.41, 5.74) is 2.69. The zero-order valence-electron chi connectivity index (χ0n) is 53.7. The molecule has 0 saturated carbocycles. The summed E-state index contributed by atoms with van der Waals surface area (Å²) in [6.07, 6.45) is 8.25. The second-order valence-electron chi connectivity index (χ2n) is 24.1. The number of benzene rings is 3. The molecule has 1 fully saturated rings. The predicted octanol–water partition coefficient (Wildman–Crippen LogP) is 6.21. The number of esters is 1. The van der Waals surface area contributed by atoms with Gasteiger partial charge in [-0.2, -0.15) is 0 Å². The smallest absolute Gasteiger partial charge is 0.309 e. The summed E-state index contributed by atoms with van der Waals surface area (Å²) in [7, 11) is 1.90. The minimum atomic E-state index is -1.29. The SMILES string of the molecule is C#CCCCON(C(=O)[C@@H](NC(=O)[C@H]1CCCCN1C)[C@@H](C)CC)[C@H](C[C@@H](OC(C)=O)c1nc(C(=O)N[C@@H](Cc2ccc(NC(=O)CNC(=O)CNC(=O)CNC(=O)CCC(=O)N3Cc4ccccc4C#Cc4ccccc43)cc2)CC(C)(C)C(=O)O)cs1)C(C)C. The molecule has 2 aliphatic rings. The van der Waals surface area contributed by atoms with Gasteiger partial charge in [-0.05, 0) is 113 Å². The maximum absolute atomic E-state index is 14.9. The minimum absolute atomic E-state index is 0.00151. The fourth-order valence-electron chi connectivity index (χ4n) is 10.6. The van der Waals surface area contributed by atoms with Crippen LogP contribution in [0.25, 0.3) is 0 Å². The molecular formula is C68H86N10O13S. The van der Waals surface area contributed by atoms with Gasteiger partial charge in [0.1, 0.15) is 16.7 Å². The first-order valence-corrected chi connectivity index (χ1v) is 32.0. The highest BCUT2D eigenvalue weighted by atomic mass is 32.1. The van der Waals surface area contributed by atoms with Crippen molar-refractivity contribution in [3.05, 3.63) is 111 Å². The third-order valence-corrected chi connectivity index (χ3v) is 17.0. The Labute approximate surface area is 542 Å². The Balaban J connectivity index is 1.01. The average molecular weight is 1280 g/mol. The van der Waals surface area contributed by atoms with Crippen LogP contribution >= 0.6 is 11.3 Å². The highest BCUT2D eigenvalue weighted by molar-refractivity contribution is 7.09. The number of likely N-dealkylation sites (tertiary alicyclic amines) is 1. The number of unbranched alkanes of at least 4 members (excludes halogenated alkanes) is 1. The number of anilines is 2. The number of ether oxygens (including phenoxy) is 1. The van der Waals surface area contributed by atoms with Crippen LogP contribution in [0, 0.1) is 41.4 Å². The highest BCUT2D eigenvalue weighted by Gasteiger charge is 2.40. The number of terminal acetylenes is 1. The first-order chi connectivity index (χ1) is 43.9. The molecule has 3 aromatic carbocycles. The number of carboxylic acids is 1. The first kappa shape index (κ1) is 72.1. The zero-order valence-corrected chi connectivity index (χ0v) is 54.5. The fourth-order valence-corrected chi connectivity index (χ4v) is 11.4. The zero-order chi connectivity index (χ0) is 67.1. The molecule has 24 heteroatoms. The monoisotopic (exact) mass is 1280 g/mol. The number of nitrogens with one attached hydrogen (secondary N) is 6. The number of carbonyl (C=O) groups excluding carboxylic acids is 9. The van der Waals surface area contributed by atoms with Crippen molar-refractivity contribution < 1.29 is 62.6 Å². The van der Waals surface area contributed by atoms with E-state index in [0.29, 0.717) is 48.2 Å². The van der Waals surface area contributed by atoms with Gasteiger partial charge in [-0.3, -0.25) is 57.7 Å². The summed E-state index contributed by atoms with van der Waals surface area (Å²) < 4.78 is 5.89. The van der Waals surface area contributed by atoms with Crippen LogP contribution in [-0.4, -0.2) is 143 Å². The largest absolute Gasteiger partial charge is 0.481 e. The van der Waals surface area contributed by atoms with Gasteiger partial charge in [0.25, 0.3) is 11.8 Å². The van der Waals surface area contributed by atoms with E-state index in [-0.39, 0.29) is 79.6 Å². The third-order valence-electron chi connectivity index (χ3n) is 16.1. The maximum atomic E-state index is 14.9. The number of hydrogen-bond donors (Lipinski definition) is 7. The maximum Gasteiger partial charge on any atom is 0.309 e. The summed E-state index contributed by atoms with van der Waals surface area (Å²) >= 11 is 1.07. The highest BCUT2D eigenvalue weighted by Crippen LogP contribution is 2.33. The van der Waals surface area contributed by atoms with Gasteiger partial charge in [0.05, 0.1) is 56.0 Å². The molecule has 6 atom stereocenters. The lowest BCUT2D eigenvalue weighted by molar-refractivity contribution is -0.213. The van der Waals surface area contributed by atoms with Gasteiger partial charge in [0, 0.05) is 60.8 Å². The third kappa shape index (κ3) is 21.6. The van der Waals surface area contributed by atoms with E-state index in [1.54, 1.807) is 35.2 Å². The van der Waals surface area contributed by atoms with E-state index in [2.05, 4.69) is 54.6 Å². The molecule has 2 aliphatic heterocycles. The van der Waals surface area contributed by atoms with Gasteiger partial charge in [-0.25, -0.2) is 10.0 Å². The van der Waals surface area contributed by atoms with Crippen molar-refractivity contribution >= 4 is 81.9 Å². The number of para-hydroxylation sites is 1. The summed E-state index contributed by atoms with van der Waals surface area (Å²) in [5.74, 6) is 2.46. The predicted molar refractivity (Wildman–Crippen MR) is 347 cm³/mol. The molecule has 0 radical (unpaired) electrons. The van der Waals surface area contributed by atoms with Crippen molar-refractivity contribution in [1.82, 2.24) is 41.5 Å². The van der Waals surface area contributed by atoms with Gasteiger partial charge >= 0.3 is 11.9 Å². The number of nitrogens with zero attached hydrogens (tertiary/aromatic N) is 4. The molecule has 0 bridgehead atoms. The molecule has 1 aromatic heterocycles. The number of amides is 8. The van der Waals surface area contributed by atoms with Crippen LogP contribution in [0.5, 0.6) is 0 Å². The minimum Gasteiger partial charge on any atom is -0.481 e. The Morgan fingerprint density at radius 1 is 0.848 bits per heavy atom. The van der Waals surface area contributed by atoms with Crippen LogP contribution in [0.15, 0.2) is 78.2 Å². The van der Waals surface area contributed by atoms with E-state index in [1.807, 2.05) is 82.1 Å². The number of carbonyl (C=O) groups is 10. The van der Waals surface area contributed by atoms with Crippen LogP contribution < -0.4 is 36.8 Å². The number of rotatable bonds is 32. The standard InChI is InChI=1S/C68H86N10O13S/c1-10-12-19-34-90-78(66(87)62(44(5)11-2)75-64(86)54-24-17-18-33-76(54)9)55(43(3)4)36-56(91-45(6)79)65-74-52(42-92-65)63(85)73-51(37-68(7,8)67(88)89)35-46-25-29-50(30-26-46)72-60(83)40-71-59(82)39-70-58(81)38-69-57(80)31-32-61(84)77-41-49-22-14-13-20-47(49)27-28-48-21-15-16-23-53(48)77/h1,13-16,20-23,25-26,29-30,42-44,51,54-56,62H,11-12,17-19,24,31-41H2,2-9H3,(H,69,80)(H,70,81)(H,71,82)(H,72,83)(H,73,85)(H,75,86)(H,88,89)/t44-,51-,54+,55+,56+,62-/m0/s1. The summed E-state index contributed by atoms with van der Waals surface area (Å²) in [4.78, 5) is 147. The molecule has 0 spiro atoms. The summed E-state index contributed by atoms with van der Waals surface area (Å²) in [6.45, 7) is 11.7. The van der Waals surface area contributed by atoms with Crippen molar-refractivity contribution in [3.8, 4) is 24.2 Å². The van der Waals surface area contributed by atoms with Crippen molar-refractivity contribution in [1.29, 1.82) is 0 Å². The number of piperidine rings is 1. The van der Waals surface area contributed by atoms with Crippen LogP contribution in [0.3, 0.4) is 0 Å². The molecule has 23 nitrogen and oxygen atoms in total. The number of carboxylic acid groups (broad SMARTS) is 1. The number of fused-ring (bicyclic) bond motifs is 2. The Bertz CT molecular complexity index is 3390. The molecular weight excluding hydrogens is 1200 g/mol. The topological polar surface area (TPSA) is 304 Å². The van der Waals surface area contributed by atoms with Gasteiger partial charge in [-0.1, -0.05) is 94.8 Å². The summed E-state index contributed by atoms with van der Waals surface area (Å²) in [6, 6.07) is 18.5. The molecule has 7 N–H and O–H groups in total. The number of likely N-dealkylation sites (N-methyl/N-ethyl adjacent to an activating group) is 1. The fraction of sp³-hybridized carbons (Fsp3) is 0.485. The Kier molecular flexibility index (Phi) is 27.4. The number of aromatic nitrogens is 1. The molecule has 0 aliphatic carbocycles. The van der Waals surface area contributed by atoms with Gasteiger partial charge in [0.2, 0.25) is 35.4 Å². The van der Waals surface area contributed by atoms with Crippen LogP contribution in [-0.2, 0) is 65.7 Å². The van der Waals surface area contributed by atoms with Gasteiger partial charge < -0.3 is 46.6 Å². The lowest BCUT2D eigenvalue weighted by atomic mass is 9.84. The Morgan fingerprint density at radius 3 is 2.15 bits per heavy atom. The second-order valence-corrected chi connectivity index (χ2v) is 25.0. The normalized spacial score (nSPS) is 15.3. The van der Waals surface area contributed by atoms with Crippen LogP contribution in [0.4, 0.5) is 11.4 Å². The Morgan fingerprint density at radius 2 is 1.50 bits per heavy atom. The van der Waals surface area contributed by atoms with Crippen molar-refractivity contribution in [3.63, 3.8) is 0 Å². The van der Waals surface area contributed by atoms with Crippen molar-refractivity contribution in [2.75, 3.05) is 50.1 Å². The van der Waals surface area contributed by atoms with E-state index in [9.17, 15) is 53.1 Å². The van der Waals surface area contributed by atoms with Crippen molar-refractivity contribution in [2.24, 2.45) is 17.3 Å². The quantitative estimate of drug-likeness (QED) is 0.0124. The lowest BCUT2D eigenvalue weighted by Gasteiger charge is -2.39. The second kappa shape index (κ2) is 35.0. The first-order valence-electron chi connectivity index (χ1n) is 31.1. The summed E-state index contributed by atoms with van der Waals surface area (Å²) in [5, 5.41) is 29.1. The molecule has 92 heavy (non-hydrogen) atoms. The molecule has 1 saturated heterocycles. The van der Waals surface area contributed by atoms with E-state index in [0.717, 1.165) is 41.9 Å². The molecule has 6 rings (SSSR count). The van der Waals surface area contributed by atoms with Crippen LogP contribution in [0.1, 0.15) is 157 Å². The number of thiazole rings is 1. The number of hydroxylamine groups is 2. The van der Waals surface area contributed by atoms with Gasteiger partial charge in [-0.15, -0.1) is 23.7 Å². The molecule has 0 unspecified atom stereocenters. The number of aliphatic carboxylic acids is 1. The van der Waals surface area contributed by atoms with E-state index >= 15 is 0 Å². The van der Waals surface area contributed by atoms with E-state index < -0.39 is 103 Å². The number of hydrogen-bond acceptors (Lipinski definition) is 15. The molecule has 4 aromatic rings. The van der Waals surface area contributed by atoms with Crippen LogP contribution in [0.2, 0.25) is 0 Å².